The topological polar surface area (TPSA) is 74.8 Å². The van der Waals surface area contributed by atoms with Crippen molar-refractivity contribution in [3.05, 3.63) is 51.6 Å². The van der Waals surface area contributed by atoms with E-state index >= 15 is 0 Å². The monoisotopic (exact) mass is 333 g/mol. The van der Waals surface area contributed by atoms with Gasteiger partial charge in [-0.15, -0.1) is 0 Å². The Hall–Kier alpha value is -2.15. The van der Waals surface area contributed by atoms with E-state index in [2.05, 4.69) is 15.3 Å². The molecule has 0 saturated heterocycles. The molecular weight excluding hydrogens is 317 g/mol. The van der Waals surface area contributed by atoms with E-state index < -0.39 is 11.7 Å². The summed E-state index contributed by atoms with van der Waals surface area (Å²) in [5.74, 6) is -0.276. The van der Waals surface area contributed by atoms with Crippen LogP contribution in [0.15, 0.2) is 34.2 Å². The summed E-state index contributed by atoms with van der Waals surface area (Å²) in [6, 6.07) is 6.20. The van der Waals surface area contributed by atoms with Gasteiger partial charge in [-0.25, -0.2) is 9.37 Å². The molecule has 0 radical (unpaired) electrons. The Morgan fingerprint density at radius 2 is 2.13 bits per heavy atom. The van der Waals surface area contributed by atoms with Crippen molar-refractivity contribution < 1.29 is 9.18 Å². The maximum absolute atomic E-state index is 14.1. The highest BCUT2D eigenvalue weighted by molar-refractivity contribution is 7.99. The normalized spacial score (nSPS) is 16.8. The minimum Gasteiger partial charge on any atom is -0.310 e. The van der Waals surface area contributed by atoms with Crippen LogP contribution in [-0.2, 0) is 4.79 Å². The number of fused-ring (bicyclic) bond motifs is 1. The molecule has 5 nitrogen and oxygen atoms in total. The summed E-state index contributed by atoms with van der Waals surface area (Å²) < 4.78 is 14.1. The van der Waals surface area contributed by atoms with Gasteiger partial charge >= 0.3 is 0 Å². The Kier molecular flexibility index (Phi) is 4.47. The molecule has 0 aliphatic carbocycles. The molecule has 0 bridgehead atoms. The Balaban J connectivity index is 2.09. The number of nitrogens with zero attached hydrogens (tertiary/aromatic N) is 1. The number of rotatable bonds is 4. The molecule has 3 rings (SSSR count). The number of nitrogens with one attached hydrogen (secondary N) is 2. The summed E-state index contributed by atoms with van der Waals surface area (Å²) in [5.41, 5.74) is 0.322. The molecule has 1 amide bonds. The Bertz CT molecular complexity index is 806. The highest BCUT2D eigenvalue weighted by atomic mass is 32.2. The van der Waals surface area contributed by atoms with Crippen LogP contribution in [0.5, 0.6) is 0 Å². The van der Waals surface area contributed by atoms with Crippen molar-refractivity contribution >= 4 is 23.5 Å². The van der Waals surface area contributed by atoms with Gasteiger partial charge in [0.15, 0.2) is 5.16 Å². The highest BCUT2D eigenvalue weighted by Crippen LogP contribution is 2.35. The van der Waals surface area contributed by atoms with Crippen LogP contribution in [0.1, 0.15) is 36.8 Å². The first-order chi connectivity index (χ1) is 11.1. The second-order valence-corrected chi connectivity index (χ2v) is 6.39. The van der Waals surface area contributed by atoms with Crippen LogP contribution >= 0.6 is 11.8 Å². The number of hydrogen-bond donors (Lipinski definition) is 2. The summed E-state index contributed by atoms with van der Waals surface area (Å²) in [5, 5.41) is 3.09. The van der Waals surface area contributed by atoms with Crippen molar-refractivity contribution in [3.8, 4) is 0 Å². The molecule has 1 aliphatic heterocycles. The highest BCUT2D eigenvalue weighted by Gasteiger charge is 2.32. The van der Waals surface area contributed by atoms with Crippen molar-refractivity contribution in [2.24, 2.45) is 0 Å². The molecule has 1 atom stereocenters. The molecule has 1 aromatic heterocycles. The molecule has 1 aromatic carbocycles. The van der Waals surface area contributed by atoms with Crippen LogP contribution in [0.2, 0.25) is 0 Å². The number of benzene rings is 1. The fourth-order valence-corrected chi connectivity index (χ4v) is 3.36. The predicted molar refractivity (Wildman–Crippen MR) is 87.4 cm³/mol. The first kappa shape index (κ1) is 15.7. The van der Waals surface area contributed by atoms with Gasteiger partial charge in [-0.1, -0.05) is 36.9 Å². The van der Waals surface area contributed by atoms with E-state index in [0.29, 0.717) is 16.3 Å². The number of carbonyl (C=O) groups excluding carboxylic acids is 1. The first-order valence-electron chi connectivity index (χ1n) is 7.41. The van der Waals surface area contributed by atoms with Gasteiger partial charge in [-0.2, -0.15) is 0 Å². The molecule has 23 heavy (non-hydrogen) atoms. The van der Waals surface area contributed by atoms with E-state index in [1.54, 1.807) is 18.2 Å². The zero-order valence-corrected chi connectivity index (χ0v) is 13.4. The van der Waals surface area contributed by atoms with Crippen LogP contribution in [0.25, 0.3) is 0 Å². The number of H-pyrrole nitrogens is 1. The fourth-order valence-electron chi connectivity index (χ4n) is 2.64. The van der Waals surface area contributed by atoms with E-state index in [9.17, 15) is 14.0 Å². The SMILES string of the molecule is CCCSc1nc2c(c(=O)[nH]1)C(c1ccccc1F)CC(=O)N2. The second kappa shape index (κ2) is 6.54. The average Bonchev–Trinajstić information content (AvgIpc) is 2.52. The molecular formula is C16H16FN3O2S. The molecule has 1 aliphatic rings. The van der Waals surface area contributed by atoms with Gasteiger partial charge in [0.2, 0.25) is 5.91 Å². The van der Waals surface area contributed by atoms with E-state index in [1.165, 1.54) is 17.8 Å². The van der Waals surface area contributed by atoms with E-state index in [4.69, 9.17) is 0 Å². The number of amides is 1. The quantitative estimate of drug-likeness (QED) is 0.666. The van der Waals surface area contributed by atoms with Crippen LogP contribution in [0, 0.1) is 5.82 Å². The fraction of sp³-hybridized carbons (Fsp3) is 0.312. The zero-order chi connectivity index (χ0) is 16.4. The standard InChI is InChI=1S/C16H16FN3O2S/c1-2-7-23-16-19-14-13(15(22)20-16)10(8-12(21)18-14)9-5-3-4-6-11(9)17/h3-6,10H,2,7-8H2,1H3,(H2,18,19,20,21,22). The lowest BCUT2D eigenvalue weighted by molar-refractivity contribution is -0.116. The van der Waals surface area contributed by atoms with Gasteiger partial charge in [0.1, 0.15) is 11.6 Å². The van der Waals surface area contributed by atoms with Gasteiger partial charge in [-0.05, 0) is 18.1 Å². The minimum absolute atomic E-state index is 0.0279. The summed E-state index contributed by atoms with van der Waals surface area (Å²) in [6.45, 7) is 2.03. The first-order valence-corrected chi connectivity index (χ1v) is 8.40. The molecule has 2 heterocycles. The molecule has 2 aromatic rings. The van der Waals surface area contributed by atoms with Gasteiger partial charge in [-0.3, -0.25) is 9.59 Å². The molecule has 7 heteroatoms. The van der Waals surface area contributed by atoms with Crippen LogP contribution in [0.3, 0.4) is 0 Å². The lowest BCUT2D eigenvalue weighted by atomic mass is 9.86. The summed E-state index contributed by atoms with van der Waals surface area (Å²) in [4.78, 5) is 31.5. The molecule has 0 saturated carbocycles. The number of halogens is 1. The smallest absolute Gasteiger partial charge is 0.257 e. The lowest BCUT2D eigenvalue weighted by Gasteiger charge is -2.24. The maximum Gasteiger partial charge on any atom is 0.257 e. The van der Waals surface area contributed by atoms with E-state index in [0.717, 1.165) is 12.2 Å². The van der Waals surface area contributed by atoms with Gasteiger partial charge in [0, 0.05) is 18.1 Å². The molecule has 0 spiro atoms. The summed E-state index contributed by atoms with van der Waals surface area (Å²) in [6.07, 6.45) is 0.968. The van der Waals surface area contributed by atoms with Crippen LogP contribution < -0.4 is 10.9 Å². The third-order valence-corrected chi connectivity index (χ3v) is 4.73. The minimum atomic E-state index is -0.624. The van der Waals surface area contributed by atoms with Crippen LogP contribution in [-0.4, -0.2) is 21.6 Å². The van der Waals surface area contributed by atoms with Gasteiger partial charge in [0.25, 0.3) is 5.56 Å². The maximum atomic E-state index is 14.1. The van der Waals surface area contributed by atoms with Crippen molar-refractivity contribution in [2.45, 2.75) is 30.8 Å². The summed E-state index contributed by atoms with van der Waals surface area (Å²) in [7, 11) is 0. The average molecular weight is 333 g/mol. The number of aromatic amines is 1. The molecule has 120 valence electrons. The largest absolute Gasteiger partial charge is 0.310 e. The zero-order valence-electron chi connectivity index (χ0n) is 12.6. The van der Waals surface area contributed by atoms with E-state index in [1.807, 2.05) is 6.92 Å². The van der Waals surface area contributed by atoms with Crippen molar-refractivity contribution in [1.29, 1.82) is 0 Å². The predicted octanol–water partition coefficient (Wildman–Crippen LogP) is 2.89. The Morgan fingerprint density at radius 1 is 1.35 bits per heavy atom. The van der Waals surface area contributed by atoms with Gasteiger partial charge in [0.05, 0.1) is 5.56 Å². The number of hydrogen-bond acceptors (Lipinski definition) is 4. The van der Waals surface area contributed by atoms with E-state index in [-0.39, 0.29) is 23.7 Å². The third-order valence-electron chi connectivity index (χ3n) is 3.65. The number of aromatic nitrogens is 2. The molecule has 1 unspecified atom stereocenters. The molecule has 2 N–H and O–H groups in total. The van der Waals surface area contributed by atoms with Crippen molar-refractivity contribution in [3.63, 3.8) is 0 Å². The number of anilines is 1. The summed E-state index contributed by atoms with van der Waals surface area (Å²) >= 11 is 1.42. The Morgan fingerprint density at radius 3 is 2.87 bits per heavy atom. The lowest BCUT2D eigenvalue weighted by Crippen LogP contribution is -2.31. The Labute approximate surface area is 136 Å². The number of thioether (sulfide) groups is 1. The van der Waals surface area contributed by atoms with Crippen molar-refractivity contribution in [1.82, 2.24) is 9.97 Å². The number of carbonyl (C=O) groups is 1. The second-order valence-electron chi connectivity index (χ2n) is 5.31. The van der Waals surface area contributed by atoms with Gasteiger partial charge < -0.3 is 10.3 Å². The molecule has 0 fully saturated rings. The van der Waals surface area contributed by atoms with Crippen LogP contribution in [0.4, 0.5) is 10.2 Å². The third kappa shape index (κ3) is 3.14. The van der Waals surface area contributed by atoms with Crippen molar-refractivity contribution in [2.75, 3.05) is 11.1 Å².